The maximum atomic E-state index is 12.6. The minimum Gasteiger partial charge on any atom is -0.484 e. The minimum absolute atomic E-state index is 0.0330. The van der Waals surface area contributed by atoms with Crippen molar-refractivity contribution in [2.75, 3.05) is 29.9 Å². The van der Waals surface area contributed by atoms with E-state index in [4.69, 9.17) is 27.9 Å². The lowest BCUT2D eigenvalue weighted by Crippen LogP contribution is -2.24. The van der Waals surface area contributed by atoms with Gasteiger partial charge in [-0.25, -0.2) is 21.1 Å². The molecule has 0 fully saturated rings. The zero-order chi connectivity index (χ0) is 26.5. The van der Waals surface area contributed by atoms with Crippen LogP contribution in [0.15, 0.2) is 71.6 Å². The van der Waals surface area contributed by atoms with Crippen molar-refractivity contribution in [1.29, 1.82) is 0 Å². The number of carbonyl (C=O) groups is 1. The molecule has 0 aliphatic carbocycles. The van der Waals surface area contributed by atoms with Gasteiger partial charge in [0.25, 0.3) is 15.9 Å². The number of sulfonamides is 2. The van der Waals surface area contributed by atoms with Crippen LogP contribution in [0.3, 0.4) is 0 Å². The van der Waals surface area contributed by atoms with Gasteiger partial charge in [0.2, 0.25) is 10.0 Å². The van der Waals surface area contributed by atoms with Gasteiger partial charge < -0.3 is 10.1 Å². The molecule has 0 aliphatic rings. The number of amides is 1. The first-order chi connectivity index (χ1) is 16.8. The smallest absolute Gasteiger partial charge is 0.262 e. The monoisotopic (exact) mass is 571 g/mol. The molecule has 0 aliphatic heterocycles. The summed E-state index contributed by atoms with van der Waals surface area (Å²) in [6.07, 6.45) is 1.13. The van der Waals surface area contributed by atoms with Crippen molar-refractivity contribution in [3.63, 3.8) is 0 Å². The van der Waals surface area contributed by atoms with E-state index >= 15 is 0 Å². The summed E-state index contributed by atoms with van der Waals surface area (Å²) < 4.78 is 57.4. The SMILES string of the molecule is CN(Cc1ccc(OCC(=O)Nc2ccc(S(=O)(=O)Nc3cccc(Cl)c3Cl)cc2)cc1)S(C)(=O)=O. The number of ether oxygens (including phenoxy) is 1. The predicted octanol–water partition coefficient (Wildman–Crippen LogP) is 4.20. The second-order valence-corrected chi connectivity index (χ2v) is 12.3. The Labute approximate surface area is 220 Å². The van der Waals surface area contributed by atoms with Gasteiger partial charge in [0, 0.05) is 19.3 Å². The van der Waals surface area contributed by atoms with Gasteiger partial charge in [-0.05, 0) is 54.1 Å². The highest BCUT2D eigenvalue weighted by atomic mass is 35.5. The molecule has 0 saturated heterocycles. The van der Waals surface area contributed by atoms with Crippen LogP contribution in [0.5, 0.6) is 5.75 Å². The van der Waals surface area contributed by atoms with E-state index in [2.05, 4.69) is 10.0 Å². The summed E-state index contributed by atoms with van der Waals surface area (Å²) in [6, 6.07) is 16.8. The van der Waals surface area contributed by atoms with Crippen molar-refractivity contribution >= 4 is 60.5 Å². The molecule has 0 aromatic heterocycles. The number of anilines is 2. The summed E-state index contributed by atoms with van der Waals surface area (Å²) in [5.41, 5.74) is 1.29. The first kappa shape index (κ1) is 27.8. The Balaban J connectivity index is 1.54. The van der Waals surface area contributed by atoms with E-state index in [0.717, 1.165) is 11.8 Å². The number of benzene rings is 3. The van der Waals surface area contributed by atoms with Crippen LogP contribution in [0.2, 0.25) is 10.0 Å². The van der Waals surface area contributed by atoms with Gasteiger partial charge in [0.05, 0.1) is 26.9 Å². The summed E-state index contributed by atoms with van der Waals surface area (Å²) in [4.78, 5) is 12.2. The van der Waals surface area contributed by atoms with Crippen LogP contribution in [0, 0.1) is 0 Å². The van der Waals surface area contributed by atoms with Crippen molar-refractivity contribution in [1.82, 2.24) is 4.31 Å². The Morgan fingerprint density at radius 3 is 2.19 bits per heavy atom. The Kier molecular flexibility index (Phi) is 8.85. The first-order valence-electron chi connectivity index (χ1n) is 10.3. The highest BCUT2D eigenvalue weighted by molar-refractivity contribution is 7.92. The zero-order valence-electron chi connectivity index (χ0n) is 19.2. The largest absolute Gasteiger partial charge is 0.484 e. The van der Waals surface area contributed by atoms with E-state index in [0.29, 0.717) is 11.4 Å². The van der Waals surface area contributed by atoms with Crippen molar-refractivity contribution < 1.29 is 26.4 Å². The van der Waals surface area contributed by atoms with E-state index in [-0.39, 0.29) is 33.8 Å². The highest BCUT2D eigenvalue weighted by Gasteiger charge is 2.17. The van der Waals surface area contributed by atoms with Gasteiger partial charge in [-0.2, -0.15) is 0 Å². The third-order valence-corrected chi connectivity index (χ3v) is 8.37. The zero-order valence-corrected chi connectivity index (χ0v) is 22.4. The van der Waals surface area contributed by atoms with Crippen LogP contribution in [0.1, 0.15) is 5.56 Å². The van der Waals surface area contributed by atoms with Gasteiger partial charge in [0.1, 0.15) is 5.75 Å². The predicted molar refractivity (Wildman–Crippen MR) is 141 cm³/mol. The average molecular weight is 572 g/mol. The second-order valence-electron chi connectivity index (χ2n) is 7.73. The van der Waals surface area contributed by atoms with Crippen molar-refractivity contribution in [3.8, 4) is 5.75 Å². The molecule has 3 rings (SSSR count). The molecule has 1 amide bonds. The first-order valence-corrected chi connectivity index (χ1v) is 14.4. The number of halogens is 2. The van der Waals surface area contributed by atoms with Gasteiger partial charge in [-0.3, -0.25) is 9.52 Å². The lowest BCUT2D eigenvalue weighted by atomic mass is 10.2. The van der Waals surface area contributed by atoms with Crippen molar-refractivity contribution in [2.45, 2.75) is 11.4 Å². The standard InChI is InChI=1S/C23H23Cl2N3O6S2/c1-28(35(2,30)31)14-16-6-10-18(11-7-16)34-15-22(29)26-17-8-12-19(13-9-17)36(32,33)27-21-5-3-4-20(24)23(21)25/h3-13,27H,14-15H2,1-2H3,(H,26,29). The van der Waals surface area contributed by atoms with Crippen molar-refractivity contribution in [2.24, 2.45) is 0 Å². The Morgan fingerprint density at radius 2 is 1.58 bits per heavy atom. The fourth-order valence-electron chi connectivity index (χ4n) is 2.92. The van der Waals surface area contributed by atoms with E-state index in [1.165, 1.54) is 41.7 Å². The summed E-state index contributed by atoms with van der Waals surface area (Å²) in [6.45, 7) is -0.0651. The van der Waals surface area contributed by atoms with Crippen LogP contribution in [-0.2, 0) is 31.4 Å². The molecular formula is C23H23Cl2N3O6S2. The van der Waals surface area contributed by atoms with E-state index in [1.807, 2.05) is 0 Å². The maximum Gasteiger partial charge on any atom is 0.262 e. The molecule has 0 spiro atoms. The molecular weight excluding hydrogens is 549 g/mol. The number of rotatable bonds is 10. The van der Waals surface area contributed by atoms with Gasteiger partial charge >= 0.3 is 0 Å². The summed E-state index contributed by atoms with van der Waals surface area (Å²) in [7, 11) is -5.74. The summed E-state index contributed by atoms with van der Waals surface area (Å²) in [5, 5.41) is 2.92. The van der Waals surface area contributed by atoms with E-state index in [1.54, 1.807) is 36.4 Å². The number of hydrogen-bond acceptors (Lipinski definition) is 6. The Bertz CT molecular complexity index is 1450. The highest BCUT2D eigenvalue weighted by Crippen LogP contribution is 2.31. The molecule has 0 heterocycles. The average Bonchev–Trinajstić information content (AvgIpc) is 2.81. The van der Waals surface area contributed by atoms with Gasteiger partial charge in [0.15, 0.2) is 6.61 Å². The molecule has 9 nitrogen and oxygen atoms in total. The molecule has 0 atom stereocenters. The lowest BCUT2D eigenvalue weighted by molar-refractivity contribution is -0.118. The molecule has 0 unspecified atom stereocenters. The third-order valence-electron chi connectivity index (χ3n) is 4.91. The maximum absolute atomic E-state index is 12.6. The fraction of sp³-hybridized carbons (Fsp3) is 0.174. The van der Waals surface area contributed by atoms with E-state index < -0.39 is 26.0 Å². The Morgan fingerprint density at radius 1 is 0.944 bits per heavy atom. The van der Waals surface area contributed by atoms with Crippen LogP contribution in [0.25, 0.3) is 0 Å². The number of nitrogens with one attached hydrogen (secondary N) is 2. The Hall–Kier alpha value is -2.83. The molecule has 3 aromatic rings. The summed E-state index contributed by atoms with van der Waals surface area (Å²) >= 11 is 12.0. The molecule has 2 N–H and O–H groups in total. The lowest BCUT2D eigenvalue weighted by Gasteiger charge is -2.14. The normalized spacial score (nSPS) is 11.8. The van der Waals surface area contributed by atoms with Crippen LogP contribution in [0.4, 0.5) is 11.4 Å². The molecule has 36 heavy (non-hydrogen) atoms. The molecule has 0 bridgehead atoms. The quantitative estimate of drug-likeness (QED) is 0.376. The van der Waals surface area contributed by atoms with Gasteiger partial charge in [-0.1, -0.05) is 41.4 Å². The summed E-state index contributed by atoms with van der Waals surface area (Å²) in [5.74, 6) is -0.0153. The fourth-order valence-corrected chi connectivity index (χ4v) is 4.77. The van der Waals surface area contributed by atoms with Crippen LogP contribution in [-0.4, -0.2) is 47.0 Å². The molecule has 0 radical (unpaired) electrons. The molecule has 13 heteroatoms. The van der Waals surface area contributed by atoms with Crippen LogP contribution >= 0.6 is 23.2 Å². The van der Waals surface area contributed by atoms with E-state index in [9.17, 15) is 21.6 Å². The van der Waals surface area contributed by atoms with Gasteiger partial charge in [-0.15, -0.1) is 0 Å². The number of hydrogen-bond donors (Lipinski definition) is 2. The molecule has 0 saturated carbocycles. The van der Waals surface area contributed by atoms with Crippen molar-refractivity contribution in [3.05, 3.63) is 82.3 Å². The number of nitrogens with zero attached hydrogens (tertiary/aromatic N) is 1. The third kappa shape index (κ3) is 7.58. The number of carbonyl (C=O) groups excluding carboxylic acids is 1. The molecule has 192 valence electrons. The minimum atomic E-state index is -3.93. The van der Waals surface area contributed by atoms with Crippen LogP contribution < -0.4 is 14.8 Å². The second kappa shape index (κ2) is 11.5. The molecule has 3 aromatic carbocycles. The topological polar surface area (TPSA) is 122 Å².